The van der Waals surface area contributed by atoms with Crippen LogP contribution in [0.25, 0.3) is 0 Å². The Kier molecular flexibility index (Phi) is 4.64. The second-order valence-electron chi connectivity index (χ2n) is 4.47. The summed E-state index contributed by atoms with van der Waals surface area (Å²) in [6, 6.07) is 14.1. The highest BCUT2D eigenvalue weighted by molar-refractivity contribution is 8.27. The number of thioether (sulfide) groups is 1. The third kappa shape index (κ3) is 3.25. The van der Waals surface area contributed by atoms with Crippen molar-refractivity contribution in [3.05, 3.63) is 58.6 Å². The summed E-state index contributed by atoms with van der Waals surface area (Å²) in [5, 5.41) is 1.60. The van der Waals surface area contributed by atoms with Gasteiger partial charge < -0.3 is 0 Å². The van der Waals surface area contributed by atoms with Gasteiger partial charge in [0.25, 0.3) is 0 Å². The maximum Gasteiger partial charge on any atom is 0.234 e. The highest BCUT2D eigenvalue weighted by Crippen LogP contribution is 2.35. The van der Waals surface area contributed by atoms with Gasteiger partial charge in [0.2, 0.25) is 5.12 Å². The van der Waals surface area contributed by atoms with Crippen molar-refractivity contribution in [2.45, 2.75) is 5.50 Å². The fourth-order valence-corrected chi connectivity index (χ4v) is 3.43. The molecule has 2 aromatic rings. The maximum atomic E-state index is 11.9. The van der Waals surface area contributed by atoms with E-state index in [0.29, 0.717) is 20.9 Å². The Balaban J connectivity index is 1.99. The number of carbonyl (C=O) groups excluding carboxylic acids is 1. The average Bonchev–Trinajstić information content (AvgIpc) is 2.77. The Morgan fingerprint density at radius 1 is 0.955 bits per heavy atom. The molecule has 1 aliphatic rings. The predicted octanol–water partition coefficient (Wildman–Crippen LogP) is 5.33. The van der Waals surface area contributed by atoms with Crippen LogP contribution in [0.4, 0.5) is 11.4 Å². The summed E-state index contributed by atoms with van der Waals surface area (Å²) in [5.41, 5.74) is 0.664. The first-order valence-electron chi connectivity index (χ1n) is 6.29. The molecule has 3 nitrogen and oxygen atoms in total. The van der Waals surface area contributed by atoms with E-state index in [4.69, 9.17) is 34.8 Å². The van der Waals surface area contributed by atoms with Crippen LogP contribution in [0.1, 0.15) is 0 Å². The zero-order valence-corrected chi connectivity index (χ0v) is 14.1. The van der Waals surface area contributed by atoms with Crippen molar-refractivity contribution in [1.82, 2.24) is 0 Å². The van der Waals surface area contributed by atoms with E-state index in [-0.39, 0.29) is 5.12 Å². The minimum absolute atomic E-state index is 0.163. The Hall–Kier alpha value is -1.20. The summed E-state index contributed by atoms with van der Waals surface area (Å²) in [4.78, 5) is 18.1. The summed E-state index contributed by atoms with van der Waals surface area (Å²) in [5.74, 6) is 0. The van der Waals surface area contributed by atoms with Crippen molar-refractivity contribution in [1.29, 1.82) is 0 Å². The summed E-state index contributed by atoms with van der Waals surface area (Å²) in [6.45, 7) is 0. The molecule has 0 amide bonds. The Bertz CT molecular complexity index is 731. The Labute approximate surface area is 146 Å². The molecule has 0 aliphatic carbocycles. The molecule has 2 aromatic carbocycles. The van der Waals surface area contributed by atoms with Gasteiger partial charge in [-0.15, -0.1) is 0 Å². The number of carbonyl (C=O) groups is 1. The molecule has 0 spiro atoms. The van der Waals surface area contributed by atoms with Gasteiger partial charge in [0.15, 0.2) is 10.7 Å². The number of benzene rings is 2. The first kappa shape index (κ1) is 15.7. The number of hydrogen-bond donors (Lipinski definition) is 0. The fraction of sp³-hybridized carbons (Fsp3) is 0.0667. The molecular formula is C15H9Cl3N2OS. The lowest BCUT2D eigenvalue weighted by molar-refractivity contribution is -0.110. The normalized spacial score (nSPS) is 20.0. The first-order chi connectivity index (χ1) is 10.5. The molecular weight excluding hydrogens is 363 g/mol. The average molecular weight is 372 g/mol. The van der Waals surface area contributed by atoms with Crippen molar-refractivity contribution in [2.24, 2.45) is 4.99 Å². The second-order valence-corrected chi connectivity index (χ2v) is 6.73. The lowest BCUT2D eigenvalue weighted by atomic mass is 10.3. The highest BCUT2D eigenvalue weighted by Gasteiger charge is 2.37. The lowest BCUT2D eigenvalue weighted by Crippen LogP contribution is -2.31. The summed E-state index contributed by atoms with van der Waals surface area (Å²) in [6.07, 6.45) is 0. The summed E-state index contributed by atoms with van der Waals surface area (Å²) in [7, 11) is 0. The van der Waals surface area contributed by atoms with Gasteiger partial charge in [0.05, 0.1) is 5.69 Å². The standard InChI is InChI=1S/C15H9Cl3N2OS/c16-9-1-5-11(6-2-9)19-15-20(13(18)14(21)22-15)12-7-3-10(17)4-8-12/h1-8,13H. The van der Waals surface area contributed by atoms with Crippen LogP contribution in [0.15, 0.2) is 53.5 Å². The van der Waals surface area contributed by atoms with Crippen molar-refractivity contribution in [3.63, 3.8) is 0 Å². The van der Waals surface area contributed by atoms with E-state index in [1.165, 1.54) is 0 Å². The van der Waals surface area contributed by atoms with Crippen LogP contribution in [0.5, 0.6) is 0 Å². The van der Waals surface area contributed by atoms with Crippen LogP contribution in [0.3, 0.4) is 0 Å². The van der Waals surface area contributed by atoms with Gasteiger partial charge in [-0.2, -0.15) is 0 Å². The van der Waals surface area contributed by atoms with Gasteiger partial charge in [-0.05, 0) is 60.3 Å². The van der Waals surface area contributed by atoms with Crippen molar-refractivity contribution in [2.75, 3.05) is 4.90 Å². The van der Waals surface area contributed by atoms with Crippen LogP contribution in [-0.4, -0.2) is 15.8 Å². The highest BCUT2D eigenvalue weighted by atomic mass is 35.5. The number of halogens is 3. The van der Waals surface area contributed by atoms with E-state index in [1.54, 1.807) is 53.4 Å². The fourth-order valence-electron chi connectivity index (χ4n) is 1.94. The smallest absolute Gasteiger partial charge is 0.234 e. The van der Waals surface area contributed by atoms with Crippen LogP contribution < -0.4 is 4.90 Å². The van der Waals surface area contributed by atoms with Crippen LogP contribution in [-0.2, 0) is 4.79 Å². The molecule has 112 valence electrons. The lowest BCUT2D eigenvalue weighted by Gasteiger charge is -2.20. The molecule has 1 fully saturated rings. The number of nitrogens with zero attached hydrogens (tertiary/aromatic N) is 2. The molecule has 1 saturated heterocycles. The van der Waals surface area contributed by atoms with Crippen LogP contribution in [0, 0.1) is 0 Å². The second kappa shape index (κ2) is 6.50. The topological polar surface area (TPSA) is 32.7 Å². The minimum Gasteiger partial charge on any atom is -0.296 e. The van der Waals surface area contributed by atoms with Gasteiger partial charge in [0, 0.05) is 15.7 Å². The monoisotopic (exact) mass is 370 g/mol. The molecule has 22 heavy (non-hydrogen) atoms. The quantitative estimate of drug-likeness (QED) is 0.528. The van der Waals surface area contributed by atoms with E-state index in [2.05, 4.69) is 4.99 Å². The van der Waals surface area contributed by atoms with Gasteiger partial charge in [0.1, 0.15) is 0 Å². The number of hydrogen-bond acceptors (Lipinski definition) is 3. The molecule has 1 heterocycles. The van der Waals surface area contributed by atoms with E-state index in [1.807, 2.05) is 0 Å². The zero-order valence-electron chi connectivity index (χ0n) is 11.0. The number of anilines is 1. The SMILES string of the molecule is O=C1SC(=Nc2ccc(Cl)cc2)N(c2ccc(Cl)cc2)C1Cl. The van der Waals surface area contributed by atoms with Crippen molar-refractivity contribution in [3.8, 4) is 0 Å². The van der Waals surface area contributed by atoms with E-state index in [0.717, 1.165) is 17.4 Å². The predicted molar refractivity (Wildman–Crippen MR) is 94.7 cm³/mol. The zero-order chi connectivity index (χ0) is 15.7. The van der Waals surface area contributed by atoms with E-state index >= 15 is 0 Å². The Morgan fingerprint density at radius 3 is 2.09 bits per heavy atom. The summed E-state index contributed by atoms with van der Waals surface area (Å²) >= 11 is 19.0. The third-order valence-electron chi connectivity index (χ3n) is 2.98. The van der Waals surface area contributed by atoms with Gasteiger partial charge in [-0.3, -0.25) is 9.69 Å². The third-order valence-corrected chi connectivity index (χ3v) is 4.90. The minimum atomic E-state index is -0.794. The van der Waals surface area contributed by atoms with Gasteiger partial charge in [-0.1, -0.05) is 34.8 Å². The van der Waals surface area contributed by atoms with Crippen LogP contribution in [0.2, 0.25) is 10.0 Å². The largest absolute Gasteiger partial charge is 0.296 e. The van der Waals surface area contributed by atoms with Crippen molar-refractivity contribution >= 4 is 68.2 Å². The summed E-state index contributed by atoms with van der Waals surface area (Å²) < 4.78 is 0. The number of rotatable bonds is 2. The molecule has 1 unspecified atom stereocenters. The van der Waals surface area contributed by atoms with Gasteiger partial charge >= 0.3 is 0 Å². The molecule has 0 radical (unpaired) electrons. The van der Waals surface area contributed by atoms with Crippen molar-refractivity contribution < 1.29 is 4.79 Å². The molecule has 0 aromatic heterocycles. The molecule has 0 saturated carbocycles. The number of amidine groups is 1. The molecule has 7 heteroatoms. The molecule has 0 N–H and O–H groups in total. The van der Waals surface area contributed by atoms with E-state index in [9.17, 15) is 4.79 Å². The number of alkyl halides is 1. The molecule has 3 rings (SSSR count). The molecule has 1 aliphatic heterocycles. The molecule has 1 atom stereocenters. The van der Waals surface area contributed by atoms with Gasteiger partial charge in [-0.25, -0.2) is 4.99 Å². The Morgan fingerprint density at radius 2 is 1.50 bits per heavy atom. The number of aliphatic imine (C=N–C) groups is 1. The molecule has 0 bridgehead atoms. The first-order valence-corrected chi connectivity index (χ1v) is 8.30. The van der Waals surface area contributed by atoms with E-state index < -0.39 is 5.50 Å². The van der Waals surface area contributed by atoms with Crippen LogP contribution >= 0.6 is 46.6 Å². The maximum absolute atomic E-state index is 11.9.